The van der Waals surface area contributed by atoms with Crippen LogP contribution in [0.5, 0.6) is 0 Å². The Morgan fingerprint density at radius 3 is 2.65 bits per heavy atom. The fourth-order valence-corrected chi connectivity index (χ4v) is 2.05. The minimum Gasteiger partial charge on any atom is -0.356 e. The number of aryl methyl sites for hydroxylation is 2. The van der Waals surface area contributed by atoms with Crippen molar-refractivity contribution in [2.24, 2.45) is 0 Å². The topological polar surface area (TPSA) is 91.8 Å². The number of aromatic nitrogens is 3. The highest BCUT2D eigenvalue weighted by Crippen LogP contribution is 2.09. The summed E-state index contributed by atoms with van der Waals surface area (Å²) in [5.74, 6) is -0.771. The zero-order chi connectivity index (χ0) is 14.7. The van der Waals surface area contributed by atoms with Crippen molar-refractivity contribution in [2.75, 3.05) is 0 Å². The lowest BCUT2D eigenvalue weighted by Crippen LogP contribution is -2.43. The number of hydrogen-bond donors (Lipinski definition) is 3. The lowest BCUT2D eigenvalue weighted by molar-refractivity contribution is -0.122. The fourth-order valence-electron chi connectivity index (χ4n) is 1.70. The SMILES string of the molecule is Cc1cc(C)n(CC(=O)NNC(=O)c2cc(Br)c[nH]2)n1. The quantitative estimate of drug-likeness (QED) is 0.730. The summed E-state index contributed by atoms with van der Waals surface area (Å²) in [4.78, 5) is 26.2. The zero-order valence-corrected chi connectivity index (χ0v) is 12.6. The standard InChI is InChI=1S/C12H14BrN5O2/c1-7-3-8(2)18(17-7)6-11(19)15-16-12(20)10-4-9(13)5-14-10/h3-5,14H,6H2,1-2H3,(H,15,19)(H,16,20). The Balaban J connectivity index is 1.86. The number of carbonyl (C=O) groups excluding carboxylic acids is 2. The molecule has 2 rings (SSSR count). The molecule has 0 aliphatic heterocycles. The number of hydrogen-bond acceptors (Lipinski definition) is 3. The number of carbonyl (C=O) groups is 2. The van der Waals surface area contributed by atoms with Crippen LogP contribution < -0.4 is 10.9 Å². The number of nitrogens with one attached hydrogen (secondary N) is 3. The molecule has 2 aromatic rings. The Labute approximate surface area is 123 Å². The third-order valence-electron chi connectivity index (χ3n) is 2.60. The number of nitrogens with zero attached hydrogens (tertiary/aromatic N) is 2. The molecule has 0 radical (unpaired) electrons. The highest BCUT2D eigenvalue weighted by atomic mass is 79.9. The molecule has 8 heteroatoms. The molecular formula is C12H14BrN5O2. The van der Waals surface area contributed by atoms with Gasteiger partial charge in [0.05, 0.1) is 5.69 Å². The van der Waals surface area contributed by atoms with Gasteiger partial charge in [0.1, 0.15) is 12.2 Å². The zero-order valence-electron chi connectivity index (χ0n) is 11.0. The van der Waals surface area contributed by atoms with Crippen LogP contribution in [0.3, 0.4) is 0 Å². The van der Waals surface area contributed by atoms with Crippen LogP contribution in [0.25, 0.3) is 0 Å². The van der Waals surface area contributed by atoms with Gasteiger partial charge in [-0.1, -0.05) is 0 Å². The van der Waals surface area contributed by atoms with E-state index >= 15 is 0 Å². The summed E-state index contributed by atoms with van der Waals surface area (Å²) in [6.45, 7) is 3.77. The van der Waals surface area contributed by atoms with Gasteiger partial charge in [0.2, 0.25) is 0 Å². The highest BCUT2D eigenvalue weighted by molar-refractivity contribution is 9.10. The van der Waals surface area contributed by atoms with Crippen LogP contribution in [0, 0.1) is 13.8 Å². The molecule has 106 valence electrons. The molecule has 0 aromatic carbocycles. The van der Waals surface area contributed by atoms with Gasteiger partial charge >= 0.3 is 0 Å². The minimum absolute atomic E-state index is 0.0500. The summed E-state index contributed by atoms with van der Waals surface area (Å²) >= 11 is 3.22. The number of aromatic amines is 1. The summed E-state index contributed by atoms with van der Waals surface area (Å²) in [5, 5.41) is 4.17. The van der Waals surface area contributed by atoms with Crippen molar-refractivity contribution in [3.05, 3.63) is 39.9 Å². The largest absolute Gasteiger partial charge is 0.356 e. The Morgan fingerprint density at radius 1 is 1.35 bits per heavy atom. The molecule has 3 N–H and O–H groups in total. The Bertz CT molecular complexity index is 646. The molecule has 0 bridgehead atoms. The first-order chi connectivity index (χ1) is 9.45. The smallest absolute Gasteiger partial charge is 0.286 e. The molecule has 20 heavy (non-hydrogen) atoms. The van der Waals surface area contributed by atoms with Gasteiger partial charge in [0, 0.05) is 16.4 Å². The molecular weight excluding hydrogens is 326 g/mol. The van der Waals surface area contributed by atoms with Gasteiger partial charge in [-0.2, -0.15) is 5.10 Å². The number of rotatable bonds is 3. The molecule has 2 amide bonds. The average Bonchev–Trinajstić information content (AvgIpc) is 2.93. The molecule has 0 saturated carbocycles. The summed E-state index contributed by atoms with van der Waals surface area (Å²) < 4.78 is 2.33. The maximum atomic E-state index is 11.7. The predicted molar refractivity (Wildman–Crippen MR) is 75.8 cm³/mol. The molecule has 0 aliphatic rings. The van der Waals surface area contributed by atoms with Gasteiger partial charge in [-0.15, -0.1) is 0 Å². The first kappa shape index (κ1) is 14.3. The van der Waals surface area contributed by atoms with Crippen molar-refractivity contribution >= 4 is 27.7 Å². The van der Waals surface area contributed by atoms with Gasteiger partial charge in [-0.25, -0.2) is 0 Å². The van der Waals surface area contributed by atoms with Crippen LogP contribution in [-0.4, -0.2) is 26.6 Å². The van der Waals surface area contributed by atoms with E-state index in [1.807, 2.05) is 19.9 Å². The van der Waals surface area contributed by atoms with E-state index in [4.69, 9.17) is 0 Å². The van der Waals surface area contributed by atoms with Gasteiger partial charge in [-0.3, -0.25) is 25.1 Å². The van der Waals surface area contributed by atoms with E-state index in [-0.39, 0.29) is 12.5 Å². The van der Waals surface area contributed by atoms with E-state index < -0.39 is 5.91 Å². The van der Waals surface area contributed by atoms with Gasteiger partial charge in [-0.05, 0) is 41.9 Å². The maximum Gasteiger partial charge on any atom is 0.286 e. The van der Waals surface area contributed by atoms with Crippen LogP contribution >= 0.6 is 15.9 Å². The number of hydrazine groups is 1. The van der Waals surface area contributed by atoms with Gasteiger partial charge < -0.3 is 4.98 Å². The van der Waals surface area contributed by atoms with E-state index in [0.29, 0.717) is 5.69 Å². The second kappa shape index (κ2) is 5.91. The summed E-state index contributed by atoms with van der Waals surface area (Å²) in [6.07, 6.45) is 1.63. The van der Waals surface area contributed by atoms with E-state index in [2.05, 4.69) is 36.9 Å². The van der Waals surface area contributed by atoms with Crippen molar-refractivity contribution in [3.63, 3.8) is 0 Å². The van der Waals surface area contributed by atoms with Crippen molar-refractivity contribution in [1.82, 2.24) is 25.6 Å². The van der Waals surface area contributed by atoms with Crippen LogP contribution in [0.4, 0.5) is 0 Å². The normalized spacial score (nSPS) is 10.3. The molecule has 7 nitrogen and oxygen atoms in total. The number of H-pyrrole nitrogens is 1. The molecule has 2 aromatic heterocycles. The fraction of sp³-hybridized carbons (Fsp3) is 0.250. The van der Waals surface area contributed by atoms with Gasteiger partial charge in [0.25, 0.3) is 11.8 Å². The van der Waals surface area contributed by atoms with Crippen molar-refractivity contribution in [2.45, 2.75) is 20.4 Å². The average molecular weight is 340 g/mol. The first-order valence-corrected chi connectivity index (χ1v) is 6.69. The summed E-state index contributed by atoms with van der Waals surface area (Å²) in [7, 11) is 0. The molecule has 0 spiro atoms. The maximum absolute atomic E-state index is 11.7. The number of amides is 2. The third-order valence-corrected chi connectivity index (χ3v) is 3.06. The van der Waals surface area contributed by atoms with E-state index in [9.17, 15) is 9.59 Å². The second-order valence-electron chi connectivity index (χ2n) is 4.32. The molecule has 0 aliphatic carbocycles. The van der Waals surface area contributed by atoms with Crippen molar-refractivity contribution in [1.29, 1.82) is 0 Å². The van der Waals surface area contributed by atoms with Crippen LogP contribution in [0.1, 0.15) is 21.9 Å². The van der Waals surface area contributed by atoms with Crippen LogP contribution in [0.2, 0.25) is 0 Å². The van der Waals surface area contributed by atoms with Crippen molar-refractivity contribution in [3.8, 4) is 0 Å². The van der Waals surface area contributed by atoms with E-state index in [0.717, 1.165) is 15.9 Å². The Kier molecular flexibility index (Phi) is 4.23. The second-order valence-corrected chi connectivity index (χ2v) is 5.23. The van der Waals surface area contributed by atoms with Crippen LogP contribution in [-0.2, 0) is 11.3 Å². The molecule has 0 unspecified atom stereocenters. The lowest BCUT2D eigenvalue weighted by atomic mass is 10.4. The van der Waals surface area contributed by atoms with Crippen LogP contribution in [0.15, 0.2) is 22.8 Å². The predicted octanol–water partition coefficient (Wildman–Crippen LogP) is 1.05. The van der Waals surface area contributed by atoms with Crippen molar-refractivity contribution < 1.29 is 9.59 Å². The summed E-state index contributed by atoms with van der Waals surface area (Å²) in [6, 6.07) is 3.49. The monoisotopic (exact) mass is 339 g/mol. The molecule has 0 fully saturated rings. The molecule has 0 atom stereocenters. The Morgan fingerprint density at radius 2 is 2.10 bits per heavy atom. The first-order valence-electron chi connectivity index (χ1n) is 5.90. The highest BCUT2D eigenvalue weighted by Gasteiger charge is 2.10. The van der Waals surface area contributed by atoms with E-state index in [1.165, 1.54) is 0 Å². The van der Waals surface area contributed by atoms with Gasteiger partial charge in [0.15, 0.2) is 0 Å². The molecule has 0 saturated heterocycles. The third kappa shape index (κ3) is 3.47. The Hall–Kier alpha value is -2.09. The van der Waals surface area contributed by atoms with E-state index in [1.54, 1.807) is 16.9 Å². The minimum atomic E-state index is -0.419. The lowest BCUT2D eigenvalue weighted by Gasteiger charge is -2.07. The summed E-state index contributed by atoms with van der Waals surface area (Å²) in [5.41, 5.74) is 6.75. The molecule has 2 heterocycles. The number of halogens is 1.